The van der Waals surface area contributed by atoms with Gasteiger partial charge < -0.3 is 14.5 Å². The molecule has 0 fully saturated rings. The summed E-state index contributed by atoms with van der Waals surface area (Å²) in [5.41, 5.74) is 1.73. The van der Waals surface area contributed by atoms with Crippen molar-refractivity contribution in [1.29, 1.82) is 0 Å². The summed E-state index contributed by atoms with van der Waals surface area (Å²) in [4.78, 5) is 21.4. The monoisotopic (exact) mass is 361 g/mol. The molecule has 0 bridgehead atoms. The molecule has 0 spiro atoms. The summed E-state index contributed by atoms with van der Waals surface area (Å²) in [5, 5.41) is 0.751. The highest BCUT2D eigenvalue weighted by atomic mass is 32.2. The molecule has 0 saturated carbocycles. The Hall–Kier alpha value is -2.12. The Morgan fingerprint density at radius 3 is 2.88 bits per heavy atom. The maximum absolute atomic E-state index is 14.0. The van der Waals surface area contributed by atoms with Gasteiger partial charge in [0.05, 0.1) is 17.8 Å². The summed E-state index contributed by atoms with van der Waals surface area (Å²) < 4.78 is 19.3. The smallest absolute Gasteiger partial charge is 0.337 e. The van der Waals surface area contributed by atoms with Crippen LogP contribution in [0.3, 0.4) is 0 Å². The van der Waals surface area contributed by atoms with Gasteiger partial charge in [0, 0.05) is 23.2 Å². The minimum absolute atomic E-state index is 0.269. The van der Waals surface area contributed by atoms with Crippen molar-refractivity contribution in [2.45, 2.75) is 6.92 Å². The minimum Gasteiger partial charge on any atom is -0.461 e. The summed E-state index contributed by atoms with van der Waals surface area (Å²) in [6, 6.07) is 6.64. The molecule has 0 amide bonds. The van der Waals surface area contributed by atoms with E-state index in [1.165, 1.54) is 17.8 Å². The zero-order chi connectivity index (χ0) is 18.0. The number of fused-ring (bicyclic) bond motifs is 1. The zero-order valence-corrected chi connectivity index (χ0v) is 15.3. The number of nitrogens with zero attached hydrogens (tertiary/aromatic N) is 3. The van der Waals surface area contributed by atoms with Crippen molar-refractivity contribution in [1.82, 2.24) is 9.80 Å². The number of hydrogen-bond acceptors (Lipinski definition) is 6. The van der Waals surface area contributed by atoms with E-state index in [2.05, 4.69) is 4.99 Å². The standard InChI is InChI=1S/C18H20FN3O2S/c1-12-14(17(23)24-9-8-21(2)3)10-22-11-16(25-18(22)20-12)13-6-4-5-7-15(13)19/h4-7,11H,8-10H2,1-3H3. The lowest BCUT2D eigenvalue weighted by Gasteiger charge is -2.23. The molecule has 0 atom stereocenters. The first kappa shape index (κ1) is 17.7. The molecule has 0 radical (unpaired) electrons. The van der Waals surface area contributed by atoms with Crippen molar-refractivity contribution in [3.05, 3.63) is 53.1 Å². The number of esters is 1. The average molecular weight is 361 g/mol. The summed E-state index contributed by atoms with van der Waals surface area (Å²) in [6.45, 7) is 3.19. The average Bonchev–Trinajstić information content (AvgIpc) is 2.96. The molecule has 132 valence electrons. The quantitative estimate of drug-likeness (QED) is 0.755. The summed E-state index contributed by atoms with van der Waals surface area (Å²) in [7, 11) is 3.85. The molecule has 2 heterocycles. The lowest BCUT2D eigenvalue weighted by atomic mass is 10.1. The van der Waals surface area contributed by atoms with Crippen LogP contribution >= 0.6 is 11.8 Å². The van der Waals surface area contributed by atoms with Crippen LogP contribution in [0.4, 0.5) is 4.39 Å². The maximum Gasteiger partial charge on any atom is 0.337 e. The van der Waals surface area contributed by atoms with Crippen molar-refractivity contribution in [2.75, 3.05) is 33.8 Å². The SMILES string of the molecule is CC1=C(C(=O)OCCN(C)C)CN2C=C(c3ccccc3F)SC2=N1. The zero-order valence-electron chi connectivity index (χ0n) is 14.5. The Bertz CT molecular complexity index is 786. The van der Waals surface area contributed by atoms with Crippen LogP contribution in [0.15, 0.2) is 46.7 Å². The van der Waals surface area contributed by atoms with Crippen molar-refractivity contribution in [2.24, 2.45) is 4.99 Å². The first-order chi connectivity index (χ1) is 12.0. The second-order valence-electron chi connectivity index (χ2n) is 6.10. The molecule has 2 aliphatic rings. The van der Waals surface area contributed by atoms with Gasteiger partial charge in [-0.15, -0.1) is 0 Å². The number of thioether (sulfide) groups is 1. The number of aliphatic imine (C=N–C) groups is 1. The summed E-state index contributed by atoms with van der Waals surface area (Å²) >= 11 is 1.41. The Balaban J connectivity index is 1.73. The molecule has 0 aliphatic carbocycles. The highest BCUT2D eigenvalue weighted by Gasteiger charge is 2.30. The fourth-order valence-corrected chi connectivity index (χ4v) is 3.55. The first-order valence-corrected chi connectivity index (χ1v) is 8.79. The van der Waals surface area contributed by atoms with Crippen LogP contribution in [0.25, 0.3) is 4.91 Å². The van der Waals surface area contributed by atoms with Crippen molar-refractivity contribution >= 4 is 27.8 Å². The van der Waals surface area contributed by atoms with E-state index in [1.54, 1.807) is 25.1 Å². The van der Waals surface area contributed by atoms with E-state index in [0.29, 0.717) is 36.5 Å². The third-order valence-corrected chi connectivity index (χ3v) is 4.96. The van der Waals surface area contributed by atoms with E-state index in [-0.39, 0.29) is 11.8 Å². The molecule has 0 unspecified atom stereocenters. The molecule has 5 nitrogen and oxygen atoms in total. The van der Waals surface area contributed by atoms with E-state index in [9.17, 15) is 9.18 Å². The minimum atomic E-state index is -0.347. The number of benzene rings is 1. The second-order valence-corrected chi connectivity index (χ2v) is 7.11. The number of rotatable bonds is 5. The van der Waals surface area contributed by atoms with Gasteiger partial charge in [-0.1, -0.05) is 18.2 Å². The number of halogens is 1. The van der Waals surface area contributed by atoms with Crippen molar-refractivity contribution in [3.8, 4) is 0 Å². The molecular weight excluding hydrogens is 341 g/mol. The largest absolute Gasteiger partial charge is 0.461 e. The fraction of sp³-hybridized carbons (Fsp3) is 0.333. The van der Waals surface area contributed by atoms with Gasteiger partial charge in [-0.25, -0.2) is 14.2 Å². The van der Waals surface area contributed by atoms with Crippen LogP contribution < -0.4 is 0 Å². The lowest BCUT2D eigenvalue weighted by Crippen LogP contribution is -2.31. The predicted octanol–water partition coefficient (Wildman–Crippen LogP) is 2.92. The molecule has 1 aromatic rings. The van der Waals surface area contributed by atoms with Crippen LogP contribution in [-0.2, 0) is 9.53 Å². The van der Waals surface area contributed by atoms with E-state index in [4.69, 9.17) is 4.74 Å². The van der Waals surface area contributed by atoms with Gasteiger partial charge in [0.15, 0.2) is 5.17 Å². The summed E-state index contributed by atoms with van der Waals surface area (Å²) in [5.74, 6) is -0.616. The number of carbonyl (C=O) groups excluding carboxylic acids is 1. The Morgan fingerprint density at radius 1 is 1.40 bits per heavy atom. The number of hydrogen-bond donors (Lipinski definition) is 0. The number of likely N-dealkylation sites (N-methyl/N-ethyl adjacent to an activating group) is 1. The van der Waals surface area contributed by atoms with Gasteiger partial charge in [0.25, 0.3) is 0 Å². The Labute approximate surface area is 150 Å². The summed E-state index contributed by atoms with van der Waals surface area (Å²) in [6.07, 6.45) is 1.83. The number of allylic oxidation sites excluding steroid dienone is 1. The van der Waals surface area contributed by atoms with E-state index < -0.39 is 0 Å². The molecule has 0 aromatic heterocycles. The second kappa shape index (κ2) is 7.41. The third kappa shape index (κ3) is 3.93. The maximum atomic E-state index is 14.0. The highest BCUT2D eigenvalue weighted by molar-refractivity contribution is 8.22. The first-order valence-electron chi connectivity index (χ1n) is 7.97. The molecule has 2 aliphatic heterocycles. The van der Waals surface area contributed by atoms with Gasteiger partial charge in [-0.2, -0.15) is 0 Å². The van der Waals surface area contributed by atoms with Crippen LogP contribution in [0.5, 0.6) is 0 Å². The highest BCUT2D eigenvalue weighted by Crippen LogP contribution is 2.39. The van der Waals surface area contributed by atoms with Crippen LogP contribution in [0.1, 0.15) is 12.5 Å². The van der Waals surface area contributed by atoms with Gasteiger partial charge in [-0.3, -0.25) is 0 Å². The lowest BCUT2D eigenvalue weighted by molar-refractivity contribution is -0.139. The van der Waals surface area contributed by atoms with Crippen molar-refractivity contribution < 1.29 is 13.9 Å². The predicted molar refractivity (Wildman–Crippen MR) is 98.3 cm³/mol. The molecule has 25 heavy (non-hydrogen) atoms. The normalized spacial score (nSPS) is 16.8. The van der Waals surface area contributed by atoms with E-state index >= 15 is 0 Å². The Kier molecular flexibility index (Phi) is 5.24. The number of amidine groups is 1. The van der Waals surface area contributed by atoms with Gasteiger partial charge in [0.1, 0.15) is 12.4 Å². The molecule has 3 rings (SSSR count). The molecule has 0 saturated heterocycles. The van der Waals surface area contributed by atoms with Gasteiger partial charge >= 0.3 is 5.97 Å². The van der Waals surface area contributed by atoms with Crippen LogP contribution in [0, 0.1) is 5.82 Å². The van der Waals surface area contributed by atoms with Gasteiger partial charge in [-0.05, 0) is 38.8 Å². The van der Waals surface area contributed by atoms with E-state index in [1.807, 2.05) is 30.1 Å². The van der Waals surface area contributed by atoms with Crippen molar-refractivity contribution in [3.63, 3.8) is 0 Å². The van der Waals surface area contributed by atoms with Crippen LogP contribution in [0.2, 0.25) is 0 Å². The van der Waals surface area contributed by atoms with E-state index in [0.717, 1.165) is 10.1 Å². The fourth-order valence-electron chi connectivity index (χ4n) is 2.48. The number of ether oxygens (including phenoxy) is 1. The molecular formula is C18H20FN3O2S. The molecule has 7 heteroatoms. The topological polar surface area (TPSA) is 45.1 Å². The third-order valence-electron chi connectivity index (χ3n) is 3.91. The number of carbonyl (C=O) groups is 1. The molecule has 1 aromatic carbocycles. The Morgan fingerprint density at radius 2 is 2.16 bits per heavy atom. The van der Waals surface area contributed by atoms with Gasteiger partial charge in [0.2, 0.25) is 0 Å². The molecule has 0 N–H and O–H groups in total. The van der Waals surface area contributed by atoms with Crippen LogP contribution in [-0.4, -0.2) is 54.7 Å².